The maximum atomic E-state index is 10.1. The summed E-state index contributed by atoms with van der Waals surface area (Å²) < 4.78 is 0. The normalized spacial score (nSPS) is 50.5. The van der Waals surface area contributed by atoms with Crippen LogP contribution in [0.15, 0.2) is 0 Å². The summed E-state index contributed by atoms with van der Waals surface area (Å²) in [6, 6.07) is 0. The highest BCUT2D eigenvalue weighted by molar-refractivity contribution is 4.99. The third-order valence-electron chi connectivity index (χ3n) is 4.16. The number of rotatable bonds is 1. The first-order valence-corrected chi connectivity index (χ1v) is 5.48. The highest BCUT2D eigenvalue weighted by Gasteiger charge is 2.49. The van der Waals surface area contributed by atoms with E-state index in [0.717, 1.165) is 6.42 Å². The highest BCUT2D eigenvalue weighted by atomic mass is 16.3. The molecule has 0 aromatic rings. The summed E-state index contributed by atoms with van der Waals surface area (Å²) in [4.78, 5) is 0. The van der Waals surface area contributed by atoms with Crippen LogP contribution in [0.3, 0.4) is 0 Å². The van der Waals surface area contributed by atoms with Gasteiger partial charge in [-0.1, -0.05) is 19.3 Å². The van der Waals surface area contributed by atoms with E-state index in [1.54, 1.807) is 0 Å². The number of fused-ring (bicyclic) bond motifs is 1. The van der Waals surface area contributed by atoms with E-state index >= 15 is 0 Å². The Labute approximate surface area is 80.0 Å². The van der Waals surface area contributed by atoms with Gasteiger partial charge >= 0.3 is 0 Å². The van der Waals surface area contributed by atoms with Crippen molar-refractivity contribution in [2.24, 2.45) is 17.8 Å². The molecule has 2 heteroatoms. The minimum atomic E-state index is -0.603. The van der Waals surface area contributed by atoms with Gasteiger partial charge in [0.15, 0.2) is 0 Å². The van der Waals surface area contributed by atoms with Crippen molar-refractivity contribution < 1.29 is 10.2 Å². The van der Waals surface area contributed by atoms with Crippen molar-refractivity contribution in [1.82, 2.24) is 0 Å². The lowest BCUT2D eigenvalue weighted by molar-refractivity contribution is -0.0157. The lowest BCUT2D eigenvalue weighted by atomic mass is 9.77. The largest absolute Gasteiger partial charge is 0.396 e. The zero-order chi connectivity index (χ0) is 9.47. The van der Waals surface area contributed by atoms with Gasteiger partial charge in [0.25, 0.3) is 0 Å². The lowest BCUT2D eigenvalue weighted by Crippen LogP contribution is -2.34. The second-order valence-corrected chi connectivity index (χ2v) is 5.06. The Morgan fingerprint density at radius 3 is 2.69 bits per heavy atom. The molecule has 2 nitrogen and oxygen atoms in total. The Kier molecular flexibility index (Phi) is 2.37. The number of aliphatic hydroxyl groups excluding tert-OH is 1. The zero-order valence-corrected chi connectivity index (χ0v) is 8.37. The first-order chi connectivity index (χ1) is 6.15. The molecule has 1 unspecified atom stereocenters. The quantitative estimate of drug-likeness (QED) is 0.649. The second kappa shape index (κ2) is 3.25. The van der Waals surface area contributed by atoms with E-state index in [0.29, 0.717) is 11.8 Å². The standard InChI is InChI=1S/C11H20O2/c1-11(13)6-8-4-2-3-5-9(8)10(11)7-12/h8-10,12-13H,2-7H2,1H3/t8-,9-,10+,11?/m1/s1. The van der Waals surface area contributed by atoms with Gasteiger partial charge in [0, 0.05) is 12.5 Å². The molecule has 2 aliphatic rings. The molecule has 0 saturated heterocycles. The van der Waals surface area contributed by atoms with E-state index in [4.69, 9.17) is 0 Å². The van der Waals surface area contributed by atoms with Gasteiger partial charge < -0.3 is 10.2 Å². The van der Waals surface area contributed by atoms with Crippen LogP contribution in [0.4, 0.5) is 0 Å². The molecule has 4 atom stereocenters. The van der Waals surface area contributed by atoms with Crippen LogP contribution in [0.25, 0.3) is 0 Å². The van der Waals surface area contributed by atoms with Gasteiger partial charge in [0.2, 0.25) is 0 Å². The average molecular weight is 184 g/mol. The molecule has 0 aromatic carbocycles. The van der Waals surface area contributed by atoms with Crippen LogP contribution in [-0.2, 0) is 0 Å². The van der Waals surface area contributed by atoms with Crippen molar-refractivity contribution in [3.05, 3.63) is 0 Å². The molecular weight excluding hydrogens is 164 g/mol. The fourth-order valence-corrected chi connectivity index (χ4v) is 3.49. The Morgan fingerprint density at radius 1 is 1.31 bits per heavy atom. The number of hydrogen-bond donors (Lipinski definition) is 2. The Bertz CT molecular complexity index is 189. The number of aliphatic hydroxyl groups is 2. The summed E-state index contributed by atoms with van der Waals surface area (Å²) in [6.07, 6.45) is 5.98. The molecule has 2 aliphatic carbocycles. The smallest absolute Gasteiger partial charge is 0.0675 e. The SMILES string of the molecule is CC1(O)C[C@H]2CCCC[C@H]2[C@@H]1CO. The summed E-state index contributed by atoms with van der Waals surface area (Å²) in [5.41, 5.74) is -0.603. The van der Waals surface area contributed by atoms with E-state index in [9.17, 15) is 10.2 Å². The van der Waals surface area contributed by atoms with Crippen molar-refractivity contribution in [2.75, 3.05) is 6.61 Å². The summed E-state index contributed by atoms with van der Waals surface area (Å²) in [5.74, 6) is 1.41. The average Bonchev–Trinajstić information content (AvgIpc) is 2.33. The van der Waals surface area contributed by atoms with E-state index in [1.807, 2.05) is 6.92 Å². The van der Waals surface area contributed by atoms with Crippen LogP contribution in [0.5, 0.6) is 0 Å². The molecule has 76 valence electrons. The highest BCUT2D eigenvalue weighted by Crippen LogP contribution is 2.50. The van der Waals surface area contributed by atoms with Crippen LogP contribution >= 0.6 is 0 Å². The minimum absolute atomic E-state index is 0.137. The van der Waals surface area contributed by atoms with Crippen molar-refractivity contribution in [1.29, 1.82) is 0 Å². The summed E-state index contributed by atoms with van der Waals surface area (Å²) >= 11 is 0. The molecule has 0 radical (unpaired) electrons. The van der Waals surface area contributed by atoms with E-state index in [2.05, 4.69) is 0 Å². The van der Waals surface area contributed by atoms with Gasteiger partial charge in [0.05, 0.1) is 5.60 Å². The molecule has 2 saturated carbocycles. The fourth-order valence-electron chi connectivity index (χ4n) is 3.49. The molecule has 0 heterocycles. The van der Waals surface area contributed by atoms with Gasteiger partial charge in [-0.25, -0.2) is 0 Å². The molecular formula is C11H20O2. The van der Waals surface area contributed by atoms with Gasteiger partial charge in [-0.3, -0.25) is 0 Å². The fraction of sp³-hybridized carbons (Fsp3) is 1.00. The summed E-state index contributed by atoms with van der Waals surface area (Å²) in [6.45, 7) is 2.06. The molecule has 2 rings (SSSR count). The van der Waals surface area contributed by atoms with Crippen LogP contribution < -0.4 is 0 Å². The molecule has 0 bridgehead atoms. The van der Waals surface area contributed by atoms with Crippen LogP contribution in [0.1, 0.15) is 39.0 Å². The minimum Gasteiger partial charge on any atom is -0.396 e. The maximum Gasteiger partial charge on any atom is 0.0675 e. The molecule has 0 aliphatic heterocycles. The van der Waals surface area contributed by atoms with Crippen molar-refractivity contribution in [3.8, 4) is 0 Å². The predicted octanol–water partition coefficient (Wildman–Crippen LogP) is 1.56. The predicted molar refractivity (Wildman–Crippen MR) is 51.3 cm³/mol. The zero-order valence-electron chi connectivity index (χ0n) is 8.37. The summed E-state index contributed by atoms with van der Waals surface area (Å²) in [5, 5.41) is 19.4. The lowest BCUT2D eigenvalue weighted by Gasteiger charge is -2.30. The third-order valence-corrected chi connectivity index (χ3v) is 4.16. The molecule has 0 amide bonds. The second-order valence-electron chi connectivity index (χ2n) is 5.06. The molecule has 0 spiro atoms. The summed E-state index contributed by atoms with van der Waals surface area (Å²) in [7, 11) is 0. The van der Waals surface area contributed by atoms with Gasteiger partial charge in [-0.15, -0.1) is 0 Å². The Morgan fingerprint density at radius 2 is 2.00 bits per heavy atom. The van der Waals surface area contributed by atoms with Gasteiger partial charge in [0.1, 0.15) is 0 Å². The van der Waals surface area contributed by atoms with Gasteiger partial charge in [-0.05, 0) is 31.6 Å². The van der Waals surface area contributed by atoms with E-state index < -0.39 is 5.60 Å². The van der Waals surface area contributed by atoms with Gasteiger partial charge in [-0.2, -0.15) is 0 Å². The monoisotopic (exact) mass is 184 g/mol. The van der Waals surface area contributed by atoms with Crippen LogP contribution in [0.2, 0.25) is 0 Å². The van der Waals surface area contributed by atoms with E-state index in [-0.39, 0.29) is 12.5 Å². The first-order valence-electron chi connectivity index (χ1n) is 5.48. The van der Waals surface area contributed by atoms with Crippen LogP contribution in [-0.4, -0.2) is 22.4 Å². The van der Waals surface area contributed by atoms with Crippen molar-refractivity contribution in [2.45, 2.75) is 44.6 Å². The molecule has 2 fully saturated rings. The number of hydrogen-bond acceptors (Lipinski definition) is 2. The first kappa shape index (κ1) is 9.47. The topological polar surface area (TPSA) is 40.5 Å². The van der Waals surface area contributed by atoms with Crippen molar-refractivity contribution >= 4 is 0 Å². The Balaban J connectivity index is 2.14. The maximum absolute atomic E-state index is 10.1. The van der Waals surface area contributed by atoms with Crippen molar-refractivity contribution in [3.63, 3.8) is 0 Å². The molecule has 13 heavy (non-hydrogen) atoms. The third kappa shape index (κ3) is 1.50. The molecule has 2 N–H and O–H groups in total. The van der Waals surface area contributed by atoms with Crippen LogP contribution in [0, 0.1) is 17.8 Å². The Hall–Kier alpha value is -0.0800. The van der Waals surface area contributed by atoms with E-state index in [1.165, 1.54) is 25.7 Å². The molecule has 0 aromatic heterocycles.